The summed E-state index contributed by atoms with van der Waals surface area (Å²) in [5, 5.41) is 5.07. The van der Waals surface area contributed by atoms with E-state index in [2.05, 4.69) is 47.6 Å². The van der Waals surface area contributed by atoms with Crippen molar-refractivity contribution < 1.29 is 0 Å². The molecule has 126 valence electrons. The number of hydrogen-bond donors (Lipinski definition) is 1. The van der Waals surface area contributed by atoms with Gasteiger partial charge in [-0.1, -0.05) is 18.2 Å². The largest absolute Gasteiger partial charge is 0.382 e. The van der Waals surface area contributed by atoms with Gasteiger partial charge in [-0.05, 0) is 87.2 Å². The Morgan fingerprint density at radius 1 is 1.04 bits per heavy atom. The zero-order valence-electron chi connectivity index (χ0n) is 14.7. The number of rotatable bonds is 4. The van der Waals surface area contributed by atoms with Gasteiger partial charge in [0.25, 0.3) is 0 Å². The first kappa shape index (κ1) is 14.7. The van der Waals surface area contributed by atoms with Crippen LogP contribution in [-0.4, -0.2) is 11.0 Å². The maximum Gasteiger partial charge on any atom is 0.0722 e. The molecule has 4 fully saturated rings. The molecule has 1 atom stereocenters. The number of aromatic nitrogens is 1. The third-order valence-corrected chi connectivity index (χ3v) is 6.96. The van der Waals surface area contributed by atoms with Gasteiger partial charge in [-0.25, -0.2) is 0 Å². The number of hydrogen-bond acceptors (Lipinski definition) is 2. The summed E-state index contributed by atoms with van der Waals surface area (Å²) < 4.78 is 0. The normalized spacial score (nSPS) is 35.3. The molecule has 24 heavy (non-hydrogen) atoms. The van der Waals surface area contributed by atoms with Crippen LogP contribution in [0.25, 0.3) is 10.9 Å². The number of pyridine rings is 1. The monoisotopic (exact) mass is 320 g/mol. The van der Waals surface area contributed by atoms with Crippen molar-refractivity contribution in [3.8, 4) is 0 Å². The molecule has 2 heteroatoms. The number of fused-ring (bicyclic) bond motifs is 1. The molecular weight excluding hydrogens is 292 g/mol. The van der Waals surface area contributed by atoms with E-state index in [0.29, 0.717) is 11.5 Å². The van der Waals surface area contributed by atoms with E-state index in [1.54, 1.807) is 0 Å². The highest BCUT2D eigenvalue weighted by Crippen LogP contribution is 2.61. The van der Waals surface area contributed by atoms with E-state index in [4.69, 9.17) is 0 Å². The number of benzene rings is 1. The van der Waals surface area contributed by atoms with Crippen LogP contribution in [0.4, 0.5) is 5.69 Å². The third kappa shape index (κ3) is 2.51. The maximum atomic E-state index is 4.49. The minimum atomic E-state index is 0.534. The predicted molar refractivity (Wildman–Crippen MR) is 100 cm³/mol. The van der Waals surface area contributed by atoms with E-state index in [1.807, 2.05) is 6.20 Å². The van der Waals surface area contributed by atoms with Crippen molar-refractivity contribution in [3.05, 3.63) is 36.5 Å². The molecule has 4 bridgehead atoms. The van der Waals surface area contributed by atoms with Crippen LogP contribution >= 0.6 is 0 Å². The van der Waals surface area contributed by atoms with Crippen molar-refractivity contribution in [2.75, 3.05) is 5.32 Å². The van der Waals surface area contributed by atoms with Crippen molar-refractivity contribution in [3.63, 3.8) is 0 Å². The molecule has 1 heterocycles. The Labute approximate surface area is 145 Å². The van der Waals surface area contributed by atoms with E-state index in [-0.39, 0.29) is 0 Å². The van der Waals surface area contributed by atoms with E-state index in [9.17, 15) is 0 Å². The molecule has 0 saturated heterocycles. The van der Waals surface area contributed by atoms with Gasteiger partial charge in [0.05, 0.1) is 5.52 Å². The van der Waals surface area contributed by atoms with Gasteiger partial charge in [0.2, 0.25) is 0 Å². The summed E-state index contributed by atoms with van der Waals surface area (Å²) in [5.41, 5.74) is 2.98. The van der Waals surface area contributed by atoms with Gasteiger partial charge in [0.15, 0.2) is 0 Å². The first-order valence-corrected chi connectivity index (χ1v) is 9.79. The number of para-hydroxylation sites is 1. The molecule has 0 radical (unpaired) electrons. The molecule has 1 aromatic carbocycles. The van der Waals surface area contributed by atoms with Crippen LogP contribution in [0.2, 0.25) is 0 Å². The lowest BCUT2D eigenvalue weighted by molar-refractivity contribution is -0.0587. The lowest BCUT2D eigenvalue weighted by Gasteiger charge is -2.57. The molecule has 2 aromatic rings. The Balaban J connectivity index is 1.35. The lowest BCUT2D eigenvalue weighted by Crippen LogP contribution is -2.47. The van der Waals surface area contributed by atoms with Crippen LogP contribution in [0.3, 0.4) is 0 Å². The summed E-state index contributed by atoms with van der Waals surface area (Å²) in [6.45, 7) is 2.38. The Bertz CT molecular complexity index is 710. The molecular formula is C22H28N2. The van der Waals surface area contributed by atoms with E-state index < -0.39 is 0 Å². The molecule has 6 rings (SSSR count). The minimum Gasteiger partial charge on any atom is -0.382 e. The van der Waals surface area contributed by atoms with E-state index in [0.717, 1.165) is 23.3 Å². The second-order valence-electron chi connectivity index (χ2n) is 9.04. The van der Waals surface area contributed by atoms with Gasteiger partial charge in [0.1, 0.15) is 0 Å². The quantitative estimate of drug-likeness (QED) is 0.788. The van der Waals surface area contributed by atoms with Crippen molar-refractivity contribution in [1.82, 2.24) is 4.98 Å². The average molecular weight is 320 g/mol. The average Bonchev–Trinajstić information content (AvgIpc) is 2.53. The maximum absolute atomic E-state index is 4.49. The molecule has 4 aliphatic rings. The molecule has 4 saturated carbocycles. The highest BCUT2D eigenvalue weighted by molar-refractivity contribution is 5.90. The summed E-state index contributed by atoms with van der Waals surface area (Å²) in [6, 6.07) is 11.1. The topological polar surface area (TPSA) is 24.9 Å². The molecule has 0 spiro atoms. The first-order chi connectivity index (χ1) is 11.7. The Kier molecular flexibility index (Phi) is 3.36. The molecule has 1 aromatic heterocycles. The summed E-state index contributed by atoms with van der Waals surface area (Å²) in [4.78, 5) is 4.49. The van der Waals surface area contributed by atoms with Crippen LogP contribution in [0.1, 0.15) is 51.9 Å². The fourth-order valence-electron chi connectivity index (χ4n) is 6.73. The van der Waals surface area contributed by atoms with Gasteiger partial charge in [-0.15, -0.1) is 0 Å². The highest BCUT2D eigenvalue weighted by Gasteiger charge is 2.50. The third-order valence-electron chi connectivity index (χ3n) is 6.96. The van der Waals surface area contributed by atoms with Crippen LogP contribution in [0.5, 0.6) is 0 Å². The molecule has 4 aliphatic carbocycles. The summed E-state index contributed by atoms with van der Waals surface area (Å²) in [5.74, 6) is 3.14. The van der Waals surface area contributed by atoms with Gasteiger partial charge in [-0.3, -0.25) is 4.98 Å². The van der Waals surface area contributed by atoms with Gasteiger partial charge in [0, 0.05) is 23.3 Å². The zero-order chi connectivity index (χ0) is 16.1. The summed E-state index contributed by atoms with van der Waals surface area (Å²) in [6.07, 6.45) is 12.4. The Morgan fingerprint density at radius 2 is 1.71 bits per heavy atom. The number of anilines is 1. The van der Waals surface area contributed by atoms with Gasteiger partial charge in [-0.2, -0.15) is 0 Å². The smallest absolute Gasteiger partial charge is 0.0722 e. The first-order valence-electron chi connectivity index (χ1n) is 9.79. The number of nitrogens with zero attached hydrogens (tertiary/aromatic N) is 1. The zero-order valence-corrected chi connectivity index (χ0v) is 14.7. The van der Waals surface area contributed by atoms with Gasteiger partial charge >= 0.3 is 0 Å². The van der Waals surface area contributed by atoms with Crippen LogP contribution in [0, 0.1) is 23.2 Å². The fraction of sp³-hybridized carbons (Fsp3) is 0.591. The SMILES string of the molecule is CC(CC12CC3CC(CC(C3)C1)C2)Nc1ccnc2ccccc12. The Hall–Kier alpha value is -1.57. The molecule has 2 nitrogen and oxygen atoms in total. The molecule has 1 unspecified atom stereocenters. The standard InChI is InChI=1S/C22H28N2/c1-15(24-21-6-7-23-20-5-3-2-4-19(20)21)11-22-12-16-8-17(13-22)10-18(9-16)14-22/h2-7,15-18H,8-14H2,1H3,(H,23,24). The van der Waals surface area contributed by atoms with Crippen LogP contribution in [0.15, 0.2) is 36.5 Å². The second kappa shape index (κ2) is 5.47. The van der Waals surface area contributed by atoms with Crippen molar-refractivity contribution in [1.29, 1.82) is 0 Å². The van der Waals surface area contributed by atoms with Crippen molar-refractivity contribution in [2.45, 2.75) is 57.9 Å². The molecule has 0 aliphatic heterocycles. The van der Waals surface area contributed by atoms with Crippen molar-refractivity contribution in [2.24, 2.45) is 23.2 Å². The molecule has 0 amide bonds. The highest BCUT2D eigenvalue weighted by atomic mass is 14.9. The summed E-state index contributed by atoms with van der Waals surface area (Å²) in [7, 11) is 0. The summed E-state index contributed by atoms with van der Waals surface area (Å²) >= 11 is 0. The second-order valence-corrected chi connectivity index (χ2v) is 9.04. The molecule has 1 N–H and O–H groups in total. The number of nitrogens with one attached hydrogen (secondary N) is 1. The lowest BCUT2D eigenvalue weighted by atomic mass is 9.48. The minimum absolute atomic E-state index is 0.534. The van der Waals surface area contributed by atoms with E-state index >= 15 is 0 Å². The predicted octanol–water partition coefficient (Wildman–Crippen LogP) is 5.64. The van der Waals surface area contributed by atoms with Crippen LogP contribution in [-0.2, 0) is 0 Å². The van der Waals surface area contributed by atoms with Gasteiger partial charge < -0.3 is 5.32 Å². The fourth-order valence-corrected chi connectivity index (χ4v) is 6.73. The van der Waals surface area contributed by atoms with E-state index in [1.165, 1.54) is 56.0 Å². The Morgan fingerprint density at radius 3 is 2.42 bits per heavy atom. The van der Waals surface area contributed by atoms with Crippen molar-refractivity contribution >= 4 is 16.6 Å². The van der Waals surface area contributed by atoms with Crippen LogP contribution < -0.4 is 5.32 Å².